The SMILES string of the molecule is CCC(Oc1cccc(C)c1)c1nc2ccccc2n1CCOc1ccc(Cl)cc1. The third-order valence-electron chi connectivity index (χ3n) is 5.01. The molecule has 1 unspecified atom stereocenters. The lowest BCUT2D eigenvalue weighted by Crippen LogP contribution is -2.17. The van der Waals surface area contributed by atoms with E-state index in [1.807, 2.05) is 54.6 Å². The van der Waals surface area contributed by atoms with Crippen molar-refractivity contribution in [2.75, 3.05) is 6.61 Å². The predicted octanol–water partition coefficient (Wildman–Crippen LogP) is 6.61. The summed E-state index contributed by atoms with van der Waals surface area (Å²) in [6.07, 6.45) is 0.671. The van der Waals surface area contributed by atoms with E-state index in [0.29, 0.717) is 18.2 Å². The number of fused-ring (bicyclic) bond motifs is 1. The van der Waals surface area contributed by atoms with E-state index in [-0.39, 0.29) is 6.10 Å². The first-order valence-electron chi connectivity index (χ1n) is 10.2. The van der Waals surface area contributed by atoms with Gasteiger partial charge in [0.25, 0.3) is 0 Å². The minimum Gasteiger partial charge on any atom is -0.492 e. The standard InChI is InChI=1S/C25H25ClN2O2/c1-3-24(30-21-8-6-7-18(2)17-21)25-27-22-9-4-5-10-23(22)28(25)15-16-29-20-13-11-19(26)12-14-20/h4-14,17,24H,3,15-16H2,1-2H3. The summed E-state index contributed by atoms with van der Waals surface area (Å²) in [6, 6.07) is 23.7. The fraction of sp³-hybridized carbons (Fsp3) is 0.240. The van der Waals surface area contributed by atoms with Gasteiger partial charge in [0.15, 0.2) is 11.9 Å². The van der Waals surface area contributed by atoms with E-state index >= 15 is 0 Å². The van der Waals surface area contributed by atoms with Crippen LogP contribution in [-0.4, -0.2) is 16.2 Å². The van der Waals surface area contributed by atoms with E-state index in [9.17, 15) is 0 Å². The van der Waals surface area contributed by atoms with Crippen molar-refractivity contribution in [1.82, 2.24) is 9.55 Å². The van der Waals surface area contributed by atoms with Crippen molar-refractivity contribution in [1.29, 1.82) is 0 Å². The summed E-state index contributed by atoms with van der Waals surface area (Å²) in [5.74, 6) is 2.58. The van der Waals surface area contributed by atoms with Crippen molar-refractivity contribution in [2.45, 2.75) is 32.9 Å². The molecule has 5 heteroatoms. The lowest BCUT2D eigenvalue weighted by atomic mass is 10.2. The first kappa shape index (κ1) is 20.3. The number of halogens is 1. The molecule has 1 heterocycles. The van der Waals surface area contributed by atoms with Crippen LogP contribution in [0.25, 0.3) is 11.0 Å². The highest BCUT2D eigenvalue weighted by molar-refractivity contribution is 6.30. The van der Waals surface area contributed by atoms with Gasteiger partial charge in [0.05, 0.1) is 17.6 Å². The van der Waals surface area contributed by atoms with Gasteiger partial charge in [-0.3, -0.25) is 0 Å². The van der Waals surface area contributed by atoms with Gasteiger partial charge in [-0.1, -0.05) is 42.8 Å². The molecule has 0 aliphatic rings. The molecule has 0 saturated carbocycles. The summed E-state index contributed by atoms with van der Waals surface area (Å²) >= 11 is 5.96. The molecule has 0 bridgehead atoms. The van der Waals surface area contributed by atoms with Gasteiger partial charge >= 0.3 is 0 Å². The maximum Gasteiger partial charge on any atom is 0.156 e. The number of imidazole rings is 1. The Morgan fingerprint density at radius 2 is 1.77 bits per heavy atom. The number of hydrogen-bond donors (Lipinski definition) is 0. The zero-order chi connectivity index (χ0) is 20.9. The zero-order valence-electron chi connectivity index (χ0n) is 17.2. The summed E-state index contributed by atoms with van der Waals surface area (Å²) in [7, 11) is 0. The van der Waals surface area contributed by atoms with E-state index in [2.05, 4.69) is 36.6 Å². The van der Waals surface area contributed by atoms with E-state index in [0.717, 1.165) is 34.8 Å². The van der Waals surface area contributed by atoms with Crippen molar-refractivity contribution in [3.63, 3.8) is 0 Å². The molecule has 0 spiro atoms. The third kappa shape index (κ3) is 4.60. The Hall–Kier alpha value is -2.98. The van der Waals surface area contributed by atoms with E-state index in [4.69, 9.17) is 26.1 Å². The summed E-state index contributed by atoms with van der Waals surface area (Å²) in [5.41, 5.74) is 3.22. The molecule has 0 fully saturated rings. The maximum absolute atomic E-state index is 6.34. The lowest BCUT2D eigenvalue weighted by Gasteiger charge is -2.19. The van der Waals surface area contributed by atoms with Gasteiger partial charge in [-0.15, -0.1) is 0 Å². The smallest absolute Gasteiger partial charge is 0.156 e. The Morgan fingerprint density at radius 3 is 2.53 bits per heavy atom. The average molecular weight is 421 g/mol. The monoisotopic (exact) mass is 420 g/mol. The number of aromatic nitrogens is 2. The van der Waals surface area contributed by atoms with Crippen LogP contribution >= 0.6 is 11.6 Å². The van der Waals surface area contributed by atoms with Crippen molar-refractivity contribution in [2.24, 2.45) is 0 Å². The molecule has 0 amide bonds. The molecule has 30 heavy (non-hydrogen) atoms. The molecule has 3 aromatic carbocycles. The second-order valence-electron chi connectivity index (χ2n) is 7.24. The van der Waals surface area contributed by atoms with E-state index in [1.165, 1.54) is 5.56 Å². The molecule has 4 nitrogen and oxygen atoms in total. The van der Waals surface area contributed by atoms with Crippen molar-refractivity contribution in [3.8, 4) is 11.5 Å². The molecule has 0 aliphatic carbocycles. The average Bonchev–Trinajstić information content (AvgIpc) is 3.12. The maximum atomic E-state index is 6.34. The first-order chi connectivity index (χ1) is 14.6. The summed E-state index contributed by atoms with van der Waals surface area (Å²) < 4.78 is 14.5. The van der Waals surface area contributed by atoms with Gasteiger partial charge < -0.3 is 14.0 Å². The van der Waals surface area contributed by atoms with Crippen LogP contribution in [0.4, 0.5) is 0 Å². The number of nitrogens with zero attached hydrogens (tertiary/aromatic N) is 2. The Kier molecular flexibility index (Phi) is 6.24. The number of ether oxygens (including phenoxy) is 2. The molecule has 0 aliphatic heterocycles. The topological polar surface area (TPSA) is 36.3 Å². The molecule has 0 radical (unpaired) electrons. The lowest BCUT2D eigenvalue weighted by molar-refractivity contribution is 0.184. The zero-order valence-corrected chi connectivity index (χ0v) is 18.0. The van der Waals surface area contributed by atoms with E-state index < -0.39 is 0 Å². The number of aryl methyl sites for hydroxylation is 1. The van der Waals surface area contributed by atoms with Gasteiger partial charge in [-0.2, -0.15) is 0 Å². The van der Waals surface area contributed by atoms with Gasteiger partial charge in [0, 0.05) is 5.02 Å². The third-order valence-corrected chi connectivity index (χ3v) is 5.26. The van der Waals surface area contributed by atoms with Crippen LogP contribution in [0.2, 0.25) is 5.02 Å². The molecule has 4 rings (SSSR count). The van der Waals surface area contributed by atoms with Crippen LogP contribution in [-0.2, 0) is 6.54 Å². The fourth-order valence-corrected chi connectivity index (χ4v) is 3.66. The highest BCUT2D eigenvalue weighted by Gasteiger charge is 2.20. The molecule has 1 aromatic heterocycles. The Bertz CT molecular complexity index is 1120. The predicted molar refractivity (Wildman–Crippen MR) is 122 cm³/mol. The van der Waals surface area contributed by atoms with Gasteiger partial charge in [0.1, 0.15) is 18.1 Å². The Morgan fingerprint density at radius 1 is 0.967 bits per heavy atom. The van der Waals surface area contributed by atoms with Crippen LogP contribution in [0.1, 0.15) is 30.8 Å². The van der Waals surface area contributed by atoms with Crippen molar-refractivity contribution >= 4 is 22.6 Å². The highest BCUT2D eigenvalue weighted by Crippen LogP contribution is 2.28. The molecule has 4 aromatic rings. The molecular weight excluding hydrogens is 396 g/mol. The Balaban J connectivity index is 1.59. The number of hydrogen-bond acceptors (Lipinski definition) is 3. The van der Waals surface area contributed by atoms with Crippen molar-refractivity contribution < 1.29 is 9.47 Å². The quantitative estimate of drug-likeness (QED) is 0.322. The van der Waals surface area contributed by atoms with Crippen LogP contribution in [0.3, 0.4) is 0 Å². The van der Waals surface area contributed by atoms with Crippen LogP contribution in [0, 0.1) is 6.92 Å². The Labute approximate surface area is 182 Å². The van der Waals surface area contributed by atoms with E-state index in [1.54, 1.807) is 0 Å². The van der Waals surface area contributed by atoms with Gasteiger partial charge in [-0.25, -0.2) is 4.98 Å². The minimum absolute atomic E-state index is 0.144. The molecule has 0 N–H and O–H groups in total. The second kappa shape index (κ2) is 9.23. The normalized spacial score (nSPS) is 12.1. The fourth-order valence-electron chi connectivity index (χ4n) is 3.53. The van der Waals surface area contributed by atoms with Crippen LogP contribution in [0.5, 0.6) is 11.5 Å². The van der Waals surface area contributed by atoms with Gasteiger partial charge in [-0.05, 0) is 67.4 Å². The molecular formula is C25H25ClN2O2. The summed E-state index contributed by atoms with van der Waals surface area (Å²) in [5, 5.41) is 0.698. The van der Waals surface area contributed by atoms with Gasteiger partial charge in [0.2, 0.25) is 0 Å². The van der Waals surface area contributed by atoms with Crippen LogP contribution in [0.15, 0.2) is 72.8 Å². The number of rotatable bonds is 8. The molecule has 1 atom stereocenters. The second-order valence-corrected chi connectivity index (χ2v) is 7.68. The first-order valence-corrected chi connectivity index (χ1v) is 10.6. The minimum atomic E-state index is -0.144. The number of benzene rings is 3. The number of para-hydroxylation sites is 2. The van der Waals surface area contributed by atoms with Crippen molar-refractivity contribution in [3.05, 3.63) is 89.2 Å². The molecule has 154 valence electrons. The molecule has 0 saturated heterocycles. The summed E-state index contributed by atoms with van der Waals surface area (Å²) in [4.78, 5) is 4.90. The van der Waals surface area contributed by atoms with Crippen LogP contribution < -0.4 is 9.47 Å². The largest absolute Gasteiger partial charge is 0.492 e. The summed E-state index contributed by atoms with van der Waals surface area (Å²) in [6.45, 7) is 5.38. The highest BCUT2D eigenvalue weighted by atomic mass is 35.5.